The molecule has 2 aromatic rings. The maximum absolute atomic E-state index is 10.6. The zero-order valence-corrected chi connectivity index (χ0v) is 9.97. The van der Waals surface area contributed by atoms with Crippen molar-refractivity contribution in [2.24, 2.45) is 0 Å². The predicted octanol–water partition coefficient (Wildman–Crippen LogP) is 1.39. The highest BCUT2D eigenvalue weighted by molar-refractivity contribution is 5.84. The van der Waals surface area contributed by atoms with Crippen molar-refractivity contribution in [3.05, 3.63) is 35.4 Å². The molecule has 0 aliphatic rings. The van der Waals surface area contributed by atoms with E-state index in [9.17, 15) is 4.79 Å². The van der Waals surface area contributed by atoms with Crippen molar-refractivity contribution in [3.63, 3.8) is 0 Å². The Balaban J connectivity index is 2.00. The molecule has 0 radical (unpaired) electrons. The van der Waals surface area contributed by atoms with Gasteiger partial charge in [-0.15, -0.1) is 0 Å². The number of aromatic carboxylic acids is 1. The van der Waals surface area contributed by atoms with Crippen molar-refractivity contribution in [2.75, 3.05) is 5.32 Å². The molecule has 0 fully saturated rings. The number of nitrogens with one attached hydrogen (secondary N) is 1. The van der Waals surface area contributed by atoms with Crippen molar-refractivity contribution in [3.8, 4) is 0 Å². The average Bonchev–Trinajstić information content (AvgIpc) is 2.67. The molecular weight excluding hydrogens is 236 g/mol. The minimum Gasteiger partial charge on any atom is -0.476 e. The van der Waals surface area contributed by atoms with E-state index in [0.717, 1.165) is 11.5 Å². The molecule has 7 heteroatoms. The first-order chi connectivity index (χ1) is 8.56. The van der Waals surface area contributed by atoms with Crippen molar-refractivity contribution in [1.82, 2.24) is 15.0 Å². The maximum atomic E-state index is 10.6. The van der Waals surface area contributed by atoms with Gasteiger partial charge in [0.1, 0.15) is 11.6 Å². The van der Waals surface area contributed by atoms with Crippen LogP contribution in [-0.4, -0.2) is 26.0 Å². The van der Waals surface area contributed by atoms with Crippen LogP contribution in [0.1, 0.15) is 27.8 Å². The maximum Gasteiger partial charge on any atom is 0.356 e. The highest BCUT2D eigenvalue weighted by Crippen LogP contribution is 2.10. The van der Waals surface area contributed by atoms with Gasteiger partial charge in [-0.25, -0.2) is 19.7 Å². The summed E-state index contributed by atoms with van der Waals surface area (Å²) in [5, 5.41) is 11.6. The Labute approximate surface area is 103 Å². The Kier molecular flexibility index (Phi) is 3.22. The van der Waals surface area contributed by atoms with Crippen molar-refractivity contribution >= 4 is 11.8 Å². The zero-order chi connectivity index (χ0) is 13.1. The van der Waals surface area contributed by atoms with Gasteiger partial charge in [-0.05, 0) is 13.8 Å². The summed E-state index contributed by atoms with van der Waals surface area (Å²) in [6, 6.07) is 0. The van der Waals surface area contributed by atoms with Gasteiger partial charge in [0.25, 0.3) is 0 Å². The lowest BCUT2D eigenvalue weighted by atomic mass is 10.4. The van der Waals surface area contributed by atoms with Crippen molar-refractivity contribution in [2.45, 2.75) is 20.4 Å². The summed E-state index contributed by atoms with van der Waals surface area (Å²) < 4.78 is 5.38. The quantitative estimate of drug-likeness (QED) is 0.842. The standard InChI is InChI=1S/C11H12N4O3/c1-6-7(2)18-10(15-6)5-14-9-4-12-8(3-13-9)11(16)17/h3-4H,5H2,1-2H3,(H,13,14)(H,16,17). The van der Waals surface area contributed by atoms with Crippen LogP contribution in [0, 0.1) is 13.8 Å². The van der Waals surface area contributed by atoms with Crippen LogP contribution in [0.4, 0.5) is 5.82 Å². The third kappa shape index (κ3) is 2.62. The van der Waals surface area contributed by atoms with E-state index in [1.54, 1.807) is 0 Å². The van der Waals surface area contributed by atoms with Crippen LogP contribution >= 0.6 is 0 Å². The number of carboxylic acid groups (broad SMARTS) is 1. The second-order valence-corrected chi connectivity index (χ2v) is 3.69. The molecule has 94 valence electrons. The van der Waals surface area contributed by atoms with E-state index in [1.165, 1.54) is 12.4 Å². The average molecular weight is 248 g/mol. The number of oxazole rings is 1. The fraction of sp³-hybridized carbons (Fsp3) is 0.273. The number of carboxylic acids is 1. The van der Waals surface area contributed by atoms with E-state index in [1.807, 2.05) is 13.8 Å². The van der Waals surface area contributed by atoms with Gasteiger partial charge in [0, 0.05) is 0 Å². The fourth-order valence-electron chi connectivity index (χ4n) is 1.31. The first-order valence-corrected chi connectivity index (χ1v) is 5.28. The molecule has 0 bridgehead atoms. The van der Waals surface area contributed by atoms with E-state index in [4.69, 9.17) is 9.52 Å². The third-order valence-corrected chi connectivity index (χ3v) is 2.36. The Morgan fingerprint density at radius 1 is 1.39 bits per heavy atom. The lowest BCUT2D eigenvalue weighted by molar-refractivity contribution is 0.0690. The van der Waals surface area contributed by atoms with Gasteiger partial charge in [0.2, 0.25) is 5.89 Å². The molecule has 7 nitrogen and oxygen atoms in total. The molecule has 18 heavy (non-hydrogen) atoms. The van der Waals surface area contributed by atoms with Crippen molar-refractivity contribution in [1.29, 1.82) is 0 Å². The molecule has 0 atom stereocenters. The van der Waals surface area contributed by atoms with E-state index in [0.29, 0.717) is 18.3 Å². The molecule has 0 aliphatic carbocycles. The van der Waals surface area contributed by atoms with E-state index >= 15 is 0 Å². The minimum absolute atomic E-state index is 0.0941. The minimum atomic E-state index is -1.10. The molecule has 0 saturated heterocycles. The summed E-state index contributed by atoms with van der Waals surface area (Å²) >= 11 is 0. The second kappa shape index (κ2) is 4.82. The molecule has 2 N–H and O–H groups in total. The summed E-state index contributed by atoms with van der Waals surface area (Å²) in [7, 11) is 0. The number of aryl methyl sites for hydroxylation is 2. The van der Waals surface area contributed by atoms with E-state index < -0.39 is 5.97 Å². The molecule has 0 spiro atoms. The first kappa shape index (κ1) is 12.0. The van der Waals surface area contributed by atoms with E-state index in [2.05, 4.69) is 20.3 Å². The van der Waals surface area contributed by atoms with Crippen LogP contribution in [-0.2, 0) is 6.54 Å². The number of aromatic nitrogens is 3. The molecule has 0 aromatic carbocycles. The number of nitrogens with zero attached hydrogens (tertiary/aromatic N) is 3. The van der Waals surface area contributed by atoms with Crippen LogP contribution in [0.2, 0.25) is 0 Å². The second-order valence-electron chi connectivity index (χ2n) is 3.69. The lowest BCUT2D eigenvalue weighted by Gasteiger charge is -2.01. The van der Waals surface area contributed by atoms with Gasteiger partial charge in [0.05, 0.1) is 24.6 Å². The topological polar surface area (TPSA) is 101 Å². The summed E-state index contributed by atoms with van der Waals surface area (Å²) in [6.07, 6.45) is 2.54. The lowest BCUT2D eigenvalue weighted by Crippen LogP contribution is -2.05. The van der Waals surface area contributed by atoms with Gasteiger partial charge in [-0.2, -0.15) is 0 Å². The summed E-state index contributed by atoms with van der Waals surface area (Å²) in [6.45, 7) is 4.08. The normalized spacial score (nSPS) is 10.3. The Hall–Kier alpha value is -2.44. The fourth-order valence-corrected chi connectivity index (χ4v) is 1.31. The highest BCUT2D eigenvalue weighted by Gasteiger charge is 2.07. The third-order valence-electron chi connectivity index (χ3n) is 2.36. The van der Waals surface area contributed by atoms with Gasteiger partial charge < -0.3 is 14.8 Å². The highest BCUT2D eigenvalue weighted by atomic mass is 16.4. The molecule has 2 aromatic heterocycles. The van der Waals surface area contributed by atoms with Crippen LogP contribution < -0.4 is 5.32 Å². The Morgan fingerprint density at radius 2 is 2.17 bits per heavy atom. The molecule has 0 unspecified atom stereocenters. The van der Waals surface area contributed by atoms with Crippen LogP contribution in [0.15, 0.2) is 16.8 Å². The SMILES string of the molecule is Cc1nc(CNc2cnc(C(=O)O)cn2)oc1C. The number of rotatable bonds is 4. The van der Waals surface area contributed by atoms with Gasteiger partial charge in [-0.1, -0.05) is 0 Å². The van der Waals surface area contributed by atoms with Gasteiger partial charge >= 0.3 is 5.97 Å². The van der Waals surface area contributed by atoms with E-state index in [-0.39, 0.29) is 5.69 Å². The monoisotopic (exact) mass is 248 g/mol. The predicted molar refractivity (Wildman–Crippen MR) is 62.3 cm³/mol. The largest absolute Gasteiger partial charge is 0.476 e. The molecule has 2 heterocycles. The summed E-state index contributed by atoms with van der Waals surface area (Å²) in [5.74, 6) is 0.690. The van der Waals surface area contributed by atoms with Gasteiger partial charge in [-0.3, -0.25) is 0 Å². The van der Waals surface area contributed by atoms with Crippen molar-refractivity contribution < 1.29 is 14.3 Å². The number of hydrogen-bond acceptors (Lipinski definition) is 6. The molecule has 0 amide bonds. The molecule has 0 saturated carbocycles. The number of hydrogen-bond donors (Lipinski definition) is 2. The van der Waals surface area contributed by atoms with Gasteiger partial charge in [0.15, 0.2) is 5.69 Å². The number of anilines is 1. The van der Waals surface area contributed by atoms with Crippen LogP contribution in [0.25, 0.3) is 0 Å². The first-order valence-electron chi connectivity index (χ1n) is 5.28. The Bertz CT molecular complexity index is 543. The molecule has 2 rings (SSSR count). The van der Waals surface area contributed by atoms with Crippen LogP contribution in [0.5, 0.6) is 0 Å². The summed E-state index contributed by atoms with van der Waals surface area (Å²) in [5.41, 5.74) is 0.752. The Morgan fingerprint density at radius 3 is 2.67 bits per heavy atom. The molecular formula is C11H12N4O3. The molecule has 0 aliphatic heterocycles. The van der Waals surface area contributed by atoms with Crippen LogP contribution in [0.3, 0.4) is 0 Å². The summed E-state index contributed by atoms with van der Waals surface area (Å²) in [4.78, 5) is 22.4. The smallest absolute Gasteiger partial charge is 0.356 e. The number of carbonyl (C=O) groups is 1. The zero-order valence-electron chi connectivity index (χ0n) is 9.97.